The van der Waals surface area contributed by atoms with Crippen molar-refractivity contribution in [3.8, 4) is 0 Å². The average Bonchev–Trinajstić information content (AvgIpc) is 2.44. The monoisotopic (exact) mass is 406 g/mol. The molecule has 1 aromatic heterocycles. The number of rotatable bonds is 3. The van der Waals surface area contributed by atoms with Crippen LogP contribution in [0.1, 0.15) is 6.42 Å². The van der Waals surface area contributed by atoms with Crippen LogP contribution in [-0.4, -0.2) is 20.6 Å². The van der Waals surface area contributed by atoms with E-state index in [1.165, 1.54) is 0 Å². The van der Waals surface area contributed by atoms with Crippen LogP contribution in [0.2, 0.25) is 0 Å². The molecule has 1 heterocycles. The number of nitrogens with two attached hydrogens (primary N) is 1. The molecule has 0 saturated carbocycles. The maximum atomic E-state index is 8.32. The predicted octanol–water partition coefficient (Wildman–Crippen LogP) is 1.23. The Bertz CT molecular complexity index is 322. The Morgan fingerprint density at radius 3 is 2.85 bits per heavy atom. The first-order chi connectivity index (χ1) is 6.15. The van der Waals surface area contributed by atoms with Crippen molar-refractivity contribution < 1.29 is 5.21 Å². The third-order valence-corrected chi connectivity index (χ3v) is 4.42. The molecule has 0 amide bonds. The summed E-state index contributed by atoms with van der Waals surface area (Å²) in [6.07, 6.45) is 2.27. The fourth-order valence-electron chi connectivity index (χ4n) is 0.784. The molecule has 0 atom stereocenters. The SMILES string of the molecule is N/C(CCn1cnc(I)c1I)=N\O. The van der Waals surface area contributed by atoms with Crippen LogP contribution in [0.4, 0.5) is 0 Å². The topological polar surface area (TPSA) is 76.4 Å². The molecule has 0 spiro atoms. The lowest BCUT2D eigenvalue weighted by Gasteiger charge is -2.02. The van der Waals surface area contributed by atoms with Gasteiger partial charge in [-0.1, -0.05) is 5.16 Å². The van der Waals surface area contributed by atoms with Gasteiger partial charge in [0.15, 0.2) is 0 Å². The van der Waals surface area contributed by atoms with E-state index in [2.05, 4.69) is 55.3 Å². The molecule has 0 aliphatic rings. The van der Waals surface area contributed by atoms with Crippen LogP contribution >= 0.6 is 45.2 Å². The summed E-state index contributed by atoms with van der Waals surface area (Å²) in [7, 11) is 0. The number of hydrogen-bond acceptors (Lipinski definition) is 3. The lowest BCUT2D eigenvalue weighted by Crippen LogP contribution is -2.15. The number of halogens is 2. The maximum Gasteiger partial charge on any atom is 0.140 e. The molecule has 1 aromatic rings. The molecule has 13 heavy (non-hydrogen) atoms. The van der Waals surface area contributed by atoms with E-state index in [0.29, 0.717) is 13.0 Å². The standard InChI is InChI=1S/C6H8I2N4O/c7-5-6(8)12(3-10-5)2-1-4(9)11-13/h3,13H,1-2H2,(H2,9,11). The highest BCUT2D eigenvalue weighted by atomic mass is 127. The Labute approximate surface area is 103 Å². The first-order valence-electron chi connectivity index (χ1n) is 3.47. The Hall–Kier alpha value is -0.0600. The summed E-state index contributed by atoms with van der Waals surface area (Å²) in [6.45, 7) is 0.685. The van der Waals surface area contributed by atoms with Gasteiger partial charge in [0.2, 0.25) is 0 Å². The predicted molar refractivity (Wildman–Crippen MR) is 65.7 cm³/mol. The molecular formula is C6H8I2N4O. The molecule has 0 unspecified atom stereocenters. The fourth-order valence-corrected chi connectivity index (χ4v) is 1.72. The minimum atomic E-state index is 0.236. The first-order valence-corrected chi connectivity index (χ1v) is 5.63. The van der Waals surface area contributed by atoms with Gasteiger partial charge < -0.3 is 15.5 Å². The van der Waals surface area contributed by atoms with E-state index in [1.54, 1.807) is 6.33 Å². The Kier molecular flexibility index (Phi) is 4.22. The third kappa shape index (κ3) is 2.97. The number of hydrogen-bond donors (Lipinski definition) is 2. The molecular weight excluding hydrogens is 398 g/mol. The molecule has 3 N–H and O–H groups in total. The Morgan fingerprint density at radius 1 is 1.69 bits per heavy atom. The quantitative estimate of drug-likeness (QED) is 0.261. The first kappa shape index (κ1) is 11.0. The van der Waals surface area contributed by atoms with Crippen LogP contribution in [0.5, 0.6) is 0 Å². The van der Waals surface area contributed by atoms with E-state index >= 15 is 0 Å². The van der Waals surface area contributed by atoms with Gasteiger partial charge in [-0.2, -0.15) is 0 Å². The van der Waals surface area contributed by atoms with E-state index in [9.17, 15) is 0 Å². The molecule has 0 fully saturated rings. The largest absolute Gasteiger partial charge is 0.409 e. The maximum absolute atomic E-state index is 8.32. The average molecular weight is 406 g/mol. The summed E-state index contributed by atoms with van der Waals surface area (Å²) in [5, 5.41) is 11.2. The van der Waals surface area contributed by atoms with E-state index in [0.717, 1.165) is 7.40 Å². The summed E-state index contributed by atoms with van der Waals surface area (Å²) in [5.41, 5.74) is 5.34. The summed E-state index contributed by atoms with van der Waals surface area (Å²) < 4.78 is 4.00. The number of aromatic nitrogens is 2. The molecule has 0 saturated heterocycles. The van der Waals surface area contributed by atoms with Crippen LogP contribution in [0.15, 0.2) is 11.5 Å². The second-order valence-corrected chi connectivity index (χ2v) is 4.40. The minimum absolute atomic E-state index is 0.236. The van der Waals surface area contributed by atoms with Gasteiger partial charge in [0.1, 0.15) is 13.2 Å². The van der Waals surface area contributed by atoms with Crippen molar-refractivity contribution in [1.82, 2.24) is 9.55 Å². The lowest BCUT2D eigenvalue weighted by molar-refractivity contribution is 0.316. The van der Waals surface area contributed by atoms with Gasteiger partial charge in [0.05, 0.1) is 6.33 Å². The van der Waals surface area contributed by atoms with Crippen LogP contribution in [0.25, 0.3) is 0 Å². The second kappa shape index (κ2) is 4.98. The van der Waals surface area contributed by atoms with Crippen molar-refractivity contribution in [1.29, 1.82) is 0 Å². The van der Waals surface area contributed by atoms with Crippen molar-refractivity contribution in [2.75, 3.05) is 0 Å². The number of amidine groups is 1. The van der Waals surface area contributed by atoms with Crippen molar-refractivity contribution in [3.63, 3.8) is 0 Å². The zero-order valence-electron chi connectivity index (χ0n) is 6.61. The van der Waals surface area contributed by atoms with Crippen LogP contribution in [0, 0.1) is 7.40 Å². The van der Waals surface area contributed by atoms with Crippen molar-refractivity contribution in [2.24, 2.45) is 10.9 Å². The zero-order chi connectivity index (χ0) is 9.84. The van der Waals surface area contributed by atoms with E-state index in [4.69, 9.17) is 10.9 Å². The molecule has 72 valence electrons. The lowest BCUT2D eigenvalue weighted by atomic mass is 10.4. The molecule has 0 aliphatic carbocycles. The molecule has 1 rings (SSSR count). The summed E-state index contributed by atoms with van der Waals surface area (Å²) in [4.78, 5) is 4.12. The molecule has 0 bridgehead atoms. The minimum Gasteiger partial charge on any atom is -0.409 e. The van der Waals surface area contributed by atoms with Gasteiger partial charge in [-0.15, -0.1) is 0 Å². The highest BCUT2D eigenvalue weighted by Gasteiger charge is 2.04. The smallest absolute Gasteiger partial charge is 0.140 e. The number of nitrogens with zero attached hydrogens (tertiary/aromatic N) is 3. The van der Waals surface area contributed by atoms with Gasteiger partial charge in [0, 0.05) is 13.0 Å². The van der Waals surface area contributed by atoms with E-state index < -0.39 is 0 Å². The molecule has 0 aliphatic heterocycles. The van der Waals surface area contributed by atoms with Gasteiger partial charge >= 0.3 is 0 Å². The van der Waals surface area contributed by atoms with Gasteiger partial charge in [-0.25, -0.2) is 4.98 Å². The van der Waals surface area contributed by atoms with Crippen molar-refractivity contribution in [3.05, 3.63) is 13.7 Å². The summed E-state index contributed by atoms with van der Waals surface area (Å²) in [6, 6.07) is 0. The fraction of sp³-hybridized carbons (Fsp3) is 0.333. The van der Waals surface area contributed by atoms with Crippen molar-refractivity contribution in [2.45, 2.75) is 13.0 Å². The number of imidazole rings is 1. The third-order valence-electron chi connectivity index (χ3n) is 1.47. The molecule has 7 heteroatoms. The Morgan fingerprint density at radius 2 is 2.38 bits per heavy atom. The summed E-state index contributed by atoms with van der Waals surface area (Å²) >= 11 is 4.37. The summed E-state index contributed by atoms with van der Waals surface area (Å²) in [5.74, 6) is 0.236. The number of oxime groups is 1. The van der Waals surface area contributed by atoms with Gasteiger partial charge in [0.25, 0.3) is 0 Å². The molecule has 5 nitrogen and oxygen atoms in total. The van der Waals surface area contributed by atoms with Crippen LogP contribution in [-0.2, 0) is 6.54 Å². The highest BCUT2D eigenvalue weighted by Crippen LogP contribution is 2.13. The van der Waals surface area contributed by atoms with E-state index in [-0.39, 0.29) is 5.84 Å². The normalized spacial score (nSPS) is 12.0. The van der Waals surface area contributed by atoms with E-state index in [1.807, 2.05) is 4.57 Å². The number of aryl methyl sites for hydroxylation is 1. The zero-order valence-corrected chi connectivity index (χ0v) is 10.9. The van der Waals surface area contributed by atoms with Crippen molar-refractivity contribution >= 4 is 51.0 Å². The van der Waals surface area contributed by atoms with Gasteiger partial charge in [-0.05, 0) is 45.2 Å². The highest BCUT2D eigenvalue weighted by molar-refractivity contribution is 14.1. The van der Waals surface area contributed by atoms with Crippen LogP contribution in [0.3, 0.4) is 0 Å². The molecule has 0 radical (unpaired) electrons. The second-order valence-electron chi connectivity index (χ2n) is 2.36. The molecule has 0 aromatic carbocycles. The van der Waals surface area contributed by atoms with Crippen LogP contribution < -0.4 is 5.73 Å². The Balaban J connectivity index is 2.60. The van der Waals surface area contributed by atoms with Gasteiger partial charge in [-0.3, -0.25) is 0 Å².